The molecule has 10 heteroatoms. The van der Waals surface area contributed by atoms with E-state index in [-0.39, 0.29) is 10.7 Å². The molecule has 3 atom stereocenters. The van der Waals surface area contributed by atoms with Gasteiger partial charge in [-0.25, -0.2) is 4.98 Å². The number of hydrogen-bond donors (Lipinski definition) is 3. The maximum absolute atomic E-state index is 10.2. The molecule has 0 amide bonds. The molecule has 0 bridgehead atoms. The average molecular weight is 457 g/mol. The van der Waals surface area contributed by atoms with Gasteiger partial charge in [0, 0.05) is 16.8 Å². The van der Waals surface area contributed by atoms with Crippen LogP contribution in [0, 0.1) is 0 Å². The summed E-state index contributed by atoms with van der Waals surface area (Å²) in [7, 11) is 0. The van der Waals surface area contributed by atoms with E-state index in [1.807, 2.05) is 24.3 Å². The molecule has 136 valence electrons. The number of aliphatic hydroxyl groups excluding tert-OH is 2. The van der Waals surface area contributed by atoms with Crippen molar-refractivity contribution in [3.63, 3.8) is 0 Å². The maximum Gasteiger partial charge on any atom is 0.226 e. The standard InChI is InChI=1S/C16H15BrClN5O2S/c17-9-3-1-2-8(4-9)5-19-13-11-14(22-16(18)21-13)23(7-20-11)15-12(25)10(24)6-26-15/h1-4,7,10,12,15,24-25H,5-6H2,(H,19,21,22)/t10?,12-,15+/m0/s1. The first-order chi connectivity index (χ1) is 12.5. The molecule has 0 saturated carbocycles. The van der Waals surface area contributed by atoms with Crippen LogP contribution in [0.2, 0.25) is 5.28 Å². The van der Waals surface area contributed by atoms with Crippen LogP contribution < -0.4 is 5.32 Å². The molecular formula is C16H15BrClN5O2S. The summed E-state index contributed by atoms with van der Waals surface area (Å²) in [4.78, 5) is 12.9. The van der Waals surface area contributed by atoms with Crippen molar-refractivity contribution < 1.29 is 10.2 Å². The third-order valence-corrected chi connectivity index (χ3v) is 6.19. The lowest BCUT2D eigenvalue weighted by Gasteiger charge is -2.17. The zero-order valence-corrected chi connectivity index (χ0v) is 16.5. The van der Waals surface area contributed by atoms with Crippen molar-refractivity contribution in [3.05, 3.63) is 45.9 Å². The molecule has 0 radical (unpaired) electrons. The summed E-state index contributed by atoms with van der Waals surface area (Å²) < 4.78 is 2.73. The van der Waals surface area contributed by atoms with Gasteiger partial charge >= 0.3 is 0 Å². The zero-order chi connectivity index (χ0) is 18.3. The Morgan fingerprint density at radius 2 is 2.19 bits per heavy atom. The van der Waals surface area contributed by atoms with E-state index >= 15 is 0 Å². The van der Waals surface area contributed by atoms with Crippen molar-refractivity contribution >= 4 is 56.3 Å². The molecule has 0 spiro atoms. The van der Waals surface area contributed by atoms with E-state index in [9.17, 15) is 10.2 Å². The molecule has 3 aromatic rings. The molecule has 3 heterocycles. The van der Waals surface area contributed by atoms with Gasteiger partial charge in [0.05, 0.1) is 12.4 Å². The second kappa shape index (κ2) is 7.32. The van der Waals surface area contributed by atoms with E-state index in [1.165, 1.54) is 11.8 Å². The van der Waals surface area contributed by atoms with Gasteiger partial charge in [-0.05, 0) is 29.3 Å². The minimum absolute atomic E-state index is 0.0917. The average Bonchev–Trinajstić information content (AvgIpc) is 3.17. The Bertz CT molecular complexity index is 956. The van der Waals surface area contributed by atoms with E-state index in [0.717, 1.165) is 10.0 Å². The number of imidazole rings is 1. The number of thioether (sulfide) groups is 1. The number of nitrogens with one attached hydrogen (secondary N) is 1. The molecule has 2 aromatic heterocycles. The SMILES string of the molecule is OC1CS[C@@H](n2cnc3c(NCc4cccc(Br)c4)nc(Cl)nc32)[C@H]1O. The fourth-order valence-corrected chi connectivity index (χ4v) is 4.76. The van der Waals surface area contributed by atoms with E-state index in [4.69, 9.17) is 11.6 Å². The molecule has 26 heavy (non-hydrogen) atoms. The van der Waals surface area contributed by atoms with Gasteiger partial charge in [-0.3, -0.25) is 4.57 Å². The molecule has 1 fully saturated rings. The summed E-state index contributed by atoms with van der Waals surface area (Å²) in [5, 5.41) is 23.0. The van der Waals surface area contributed by atoms with Gasteiger partial charge in [0.15, 0.2) is 17.0 Å². The quantitative estimate of drug-likeness (QED) is 0.520. The fraction of sp³-hybridized carbons (Fsp3) is 0.312. The molecule has 3 N–H and O–H groups in total. The van der Waals surface area contributed by atoms with Crippen LogP contribution in [0.5, 0.6) is 0 Å². The molecule has 0 aliphatic carbocycles. The maximum atomic E-state index is 10.2. The number of halogens is 2. The molecule has 1 aliphatic rings. The van der Waals surface area contributed by atoms with Crippen molar-refractivity contribution in [2.45, 2.75) is 24.1 Å². The van der Waals surface area contributed by atoms with Gasteiger partial charge in [0.1, 0.15) is 11.5 Å². The molecule has 1 unspecified atom stereocenters. The second-order valence-corrected chi connectivity index (χ2v) is 8.33. The van der Waals surface area contributed by atoms with Crippen molar-refractivity contribution in [2.24, 2.45) is 0 Å². The van der Waals surface area contributed by atoms with Gasteiger partial charge in [0.25, 0.3) is 0 Å². The number of rotatable bonds is 4. The number of nitrogens with zero attached hydrogens (tertiary/aromatic N) is 4. The highest BCUT2D eigenvalue weighted by Crippen LogP contribution is 2.38. The van der Waals surface area contributed by atoms with Gasteiger partial charge in [-0.15, -0.1) is 11.8 Å². The van der Waals surface area contributed by atoms with Gasteiger partial charge in [-0.1, -0.05) is 28.1 Å². The lowest BCUT2D eigenvalue weighted by Crippen LogP contribution is -2.27. The Labute approximate surface area is 166 Å². The minimum atomic E-state index is -0.885. The van der Waals surface area contributed by atoms with Crippen LogP contribution in [-0.2, 0) is 6.54 Å². The summed E-state index contributed by atoms with van der Waals surface area (Å²) in [6, 6.07) is 7.94. The summed E-state index contributed by atoms with van der Waals surface area (Å²) in [6.45, 7) is 0.550. The fourth-order valence-electron chi connectivity index (χ4n) is 2.86. The Morgan fingerprint density at radius 3 is 2.92 bits per heavy atom. The lowest BCUT2D eigenvalue weighted by molar-refractivity contribution is 0.0313. The number of hydrogen-bond acceptors (Lipinski definition) is 7. The molecule has 7 nitrogen and oxygen atoms in total. The summed E-state index contributed by atoms with van der Waals surface area (Å²) in [5.74, 6) is 0.981. The first-order valence-corrected chi connectivity index (χ1v) is 10.1. The summed E-state index contributed by atoms with van der Waals surface area (Å²) >= 11 is 11.0. The third kappa shape index (κ3) is 3.41. The van der Waals surface area contributed by atoms with E-state index in [2.05, 4.69) is 36.2 Å². The number of aliphatic hydroxyl groups is 2. The highest BCUT2D eigenvalue weighted by molar-refractivity contribution is 9.10. The van der Waals surface area contributed by atoms with E-state index in [1.54, 1.807) is 10.9 Å². The minimum Gasteiger partial charge on any atom is -0.389 e. The molecule has 1 aliphatic heterocycles. The van der Waals surface area contributed by atoms with Crippen LogP contribution in [0.15, 0.2) is 35.1 Å². The van der Waals surface area contributed by atoms with Crippen molar-refractivity contribution in [2.75, 3.05) is 11.1 Å². The van der Waals surface area contributed by atoms with Crippen LogP contribution in [-0.4, -0.2) is 47.7 Å². The third-order valence-electron chi connectivity index (χ3n) is 4.14. The van der Waals surface area contributed by atoms with Crippen LogP contribution >= 0.6 is 39.3 Å². The van der Waals surface area contributed by atoms with E-state index in [0.29, 0.717) is 29.3 Å². The van der Waals surface area contributed by atoms with Gasteiger partial charge < -0.3 is 15.5 Å². The molecular weight excluding hydrogens is 442 g/mol. The summed E-state index contributed by atoms with van der Waals surface area (Å²) in [6.07, 6.45) is -0.0584. The zero-order valence-electron chi connectivity index (χ0n) is 13.4. The predicted molar refractivity (Wildman–Crippen MR) is 105 cm³/mol. The predicted octanol–water partition coefficient (Wildman–Crippen LogP) is 2.82. The Kier molecular flexibility index (Phi) is 5.07. The normalized spacial score (nSPS) is 22.8. The summed E-state index contributed by atoms with van der Waals surface area (Å²) in [5.41, 5.74) is 2.16. The van der Waals surface area contributed by atoms with Crippen molar-refractivity contribution in [1.29, 1.82) is 0 Å². The highest BCUT2D eigenvalue weighted by atomic mass is 79.9. The van der Waals surface area contributed by atoms with Crippen LogP contribution in [0.4, 0.5) is 5.82 Å². The highest BCUT2D eigenvalue weighted by Gasteiger charge is 2.36. The van der Waals surface area contributed by atoms with E-state index < -0.39 is 12.2 Å². The lowest BCUT2D eigenvalue weighted by atomic mass is 10.2. The largest absolute Gasteiger partial charge is 0.389 e. The molecule has 1 aromatic carbocycles. The Morgan fingerprint density at radius 1 is 1.35 bits per heavy atom. The monoisotopic (exact) mass is 455 g/mol. The molecule has 4 rings (SSSR count). The van der Waals surface area contributed by atoms with Crippen molar-refractivity contribution in [1.82, 2.24) is 19.5 Å². The van der Waals surface area contributed by atoms with Crippen LogP contribution in [0.3, 0.4) is 0 Å². The Hall–Kier alpha value is -1.39. The van der Waals surface area contributed by atoms with Crippen LogP contribution in [0.1, 0.15) is 10.9 Å². The van der Waals surface area contributed by atoms with Crippen molar-refractivity contribution in [3.8, 4) is 0 Å². The first kappa shape index (κ1) is 18.0. The number of benzene rings is 1. The first-order valence-electron chi connectivity index (χ1n) is 7.89. The number of fused-ring (bicyclic) bond motifs is 1. The van der Waals surface area contributed by atoms with Gasteiger partial charge in [0.2, 0.25) is 5.28 Å². The Balaban J connectivity index is 1.66. The topological polar surface area (TPSA) is 96.1 Å². The molecule has 1 saturated heterocycles. The van der Waals surface area contributed by atoms with Gasteiger partial charge in [-0.2, -0.15) is 9.97 Å². The smallest absolute Gasteiger partial charge is 0.226 e. The number of anilines is 1. The van der Waals surface area contributed by atoms with Crippen LogP contribution in [0.25, 0.3) is 11.2 Å². The number of aromatic nitrogens is 4. The second-order valence-electron chi connectivity index (χ2n) is 5.93.